The van der Waals surface area contributed by atoms with Crippen LogP contribution in [0.3, 0.4) is 0 Å². The van der Waals surface area contributed by atoms with Gasteiger partial charge in [0.2, 0.25) is 12.1 Å². The number of hydrogen-bond donors (Lipinski definition) is 8. The summed E-state index contributed by atoms with van der Waals surface area (Å²) >= 11 is 0. The zero-order valence-corrected chi connectivity index (χ0v) is 30.9. The van der Waals surface area contributed by atoms with Crippen LogP contribution in [0.4, 0.5) is 0 Å². The lowest BCUT2D eigenvalue weighted by Gasteiger charge is -2.45. The Morgan fingerprint density at radius 3 is 1.22 bits per heavy atom. The lowest BCUT2D eigenvalue weighted by atomic mass is 9.99. The Hall–Kier alpha value is -1.16. The fraction of sp³-hybridized carbons (Fsp3) is 1.00. The Morgan fingerprint density at radius 1 is 0.426 bits per heavy atom. The fourth-order valence-corrected chi connectivity index (χ4v) is 7.52. The highest BCUT2D eigenvalue weighted by molar-refractivity contribution is 7.82. The highest BCUT2D eigenvalue weighted by atomic mass is 32.3. The third kappa shape index (κ3) is 17.1. The molecule has 0 bridgehead atoms. The van der Waals surface area contributed by atoms with Crippen LogP contribution in [-0.4, -0.2) is 172 Å². The highest BCUT2D eigenvalue weighted by Crippen LogP contribution is 2.43. The Balaban J connectivity index is 3.09. The van der Waals surface area contributed by atoms with E-state index in [4.69, 9.17) is 27.9 Å². The van der Waals surface area contributed by atoms with Gasteiger partial charge in [-0.1, -0.05) is 0 Å². The molecule has 0 amide bonds. The molecule has 0 saturated carbocycles. The SMILES string of the molecule is O=S(=O)(O)OC[C@H]1O[C@@H](O[C@]2(COS(=O)(=O)O)O[C@H](OS(=O)(=O)O)[C@@H](OS(=O)(=O)O)[C@@H]2OS(=O)(=O)O)[C@H](OS(=O)(=O)O)[C@@H](OS(=O)(=O)O)[C@@H]1OS(=O)(=O)O. The molecule has 2 aliphatic rings. The van der Waals surface area contributed by atoms with Gasteiger partial charge in [-0.25, -0.2) is 33.5 Å². The van der Waals surface area contributed by atoms with Crippen molar-refractivity contribution < 1.29 is 151 Å². The summed E-state index contributed by atoms with van der Waals surface area (Å²) < 4.78 is 306. The molecule has 2 saturated heterocycles. The molecule has 2 aliphatic heterocycles. The standard InChI is InChI=1S/C11H20O35S8/c12-47(13,14)36-1-3-4(41-49(18,19)20)5(42-50(21,22)23)6(43-51(24,25)26)9(38-3)39-11(2-37-48(15,16)17)8(45-53(30,31)32)7(44-52(27,28)29)10(40-11)46-54(33,34)35/h3-10H,1-2H2,(H,12,13,14)(H,15,16,17)(H,18,19,20)(H,21,22,23)(H,24,25,26)(H,27,28,29)(H,30,31,32)(H,33,34,35)/t3-,4-,5+,6-,7+,8+,9+,10-,11-/m1/s1. The molecule has 0 radical (unpaired) electrons. The molecule has 2 heterocycles. The molecule has 35 nitrogen and oxygen atoms in total. The molecule has 0 aliphatic carbocycles. The van der Waals surface area contributed by atoms with Gasteiger partial charge in [0.15, 0.2) is 24.6 Å². The van der Waals surface area contributed by atoms with Gasteiger partial charge in [-0.05, 0) is 0 Å². The largest absolute Gasteiger partial charge is 0.399 e. The molecule has 2 rings (SSSR count). The molecule has 9 atom stereocenters. The van der Waals surface area contributed by atoms with E-state index in [9.17, 15) is 90.1 Å². The maximum Gasteiger partial charge on any atom is 0.399 e. The van der Waals surface area contributed by atoms with Gasteiger partial charge >= 0.3 is 83.2 Å². The highest BCUT2D eigenvalue weighted by Gasteiger charge is 2.66. The summed E-state index contributed by atoms with van der Waals surface area (Å²) in [7, 11) is -48.9. The number of ether oxygens (including phenoxy) is 3. The molecule has 43 heteroatoms. The molecule has 54 heavy (non-hydrogen) atoms. The second-order valence-electron chi connectivity index (χ2n) is 9.28. The Morgan fingerprint density at radius 2 is 0.815 bits per heavy atom. The van der Waals surface area contributed by atoms with Gasteiger partial charge in [0, 0.05) is 0 Å². The average molecular weight is 969 g/mol. The maximum absolute atomic E-state index is 11.8. The summed E-state index contributed by atoms with van der Waals surface area (Å²) in [6, 6.07) is 0. The second-order valence-corrected chi connectivity index (χ2v) is 17.8. The first kappa shape index (κ1) is 49.0. The van der Waals surface area contributed by atoms with Gasteiger partial charge in [0.05, 0.1) is 6.61 Å². The Labute approximate surface area is 301 Å². The summed E-state index contributed by atoms with van der Waals surface area (Å²) in [5.41, 5.74) is 0. The minimum absolute atomic E-state index is 1.99. The average Bonchev–Trinajstić information content (AvgIpc) is 3.10. The molecular formula is C11H20O35S8. The van der Waals surface area contributed by atoms with Crippen molar-refractivity contribution in [1.82, 2.24) is 0 Å². The van der Waals surface area contributed by atoms with Crippen LogP contribution in [0.2, 0.25) is 0 Å². The van der Waals surface area contributed by atoms with Crippen molar-refractivity contribution in [3.05, 3.63) is 0 Å². The minimum atomic E-state index is -6.30. The summed E-state index contributed by atoms with van der Waals surface area (Å²) in [4.78, 5) is 0. The molecule has 0 unspecified atom stereocenters. The third-order valence-corrected chi connectivity index (χ3v) is 8.98. The third-order valence-electron chi connectivity index (χ3n) is 5.39. The van der Waals surface area contributed by atoms with Crippen LogP contribution >= 0.6 is 0 Å². The number of hydrogen-bond acceptors (Lipinski definition) is 27. The van der Waals surface area contributed by atoms with E-state index in [-0.39, 0.29) is 0 Å². The van der Waals surface area contributed by atoms with E-state index >= 15 is 0 Å². The lowest BCUT2D eigenvalue weighted by molar-refractivity contribution is -0.379. The monoisotopic (exact) mass is 968 g/mol. The van der Waals surface area contributed by atoms with Crippen molar-refractivity contribution in [3.8, 4) is 0 Å². The predicted octanol–water partition coefficient (Wildman–Crippen LogP) is -6.82. The van der Waals surface area contributed by atoms with Gasteiger partial charge < -0.3 is 14.2 Å². The second kappa shape index (κ2) is 16.6. The van der Waals surface area contributed by atoms with Crippen LogP contribution < -0.4 is 0 Å². The first-order valence-corrected chi connectivity index (χ1v) is 22.8. The lowest BCUT2D eigenvalue weighted by Crippen LogP contribution is -2.65. The first-order chi connectivity index (χ1) is 23.7. The molecule has 8 N–H and O–H groups in total. The van der Waals surface area contributed by atoms with E-state index in [1.165, 1.54) is 0 Å². The fourth-order valence-electron chi connectivity index (χ4n) is 4.02. The summed E-state index contributed by atoms with van der Waals surface area (Å²) in [5, 5.41) is 0. The quantitative estimate of drug-likeness (QED) is 0.0526. The molecule has 0 spiro atoms. The van der Waals surface area contributed by atoms with E-state index in [0.717, 1.165) is 0 Å². The van der Waals surface area contributed by atoms with Gasteiger partial charge in [0.1, 0.15) is 24.9 Å². The van der Waals surface area contributed by atoms with Crippen LogP contribution in [0.1, 0.15) is 0 Å². The van der Waals surface area contributed by atoms with Crippen molar-refractivity contribution in [2.24, 2.45) is 0 Å². The van der Waals surface area contributed by atoms with Gasteiger partial charge in [0.25, 0.3) is 0 Å². The molecule has 322 valence electrons. The Bertz CT molecular complexity index is 2260. The van der Waals surface area contributed by atoms with Crippen molar-refractivity contribution in [3.63, 3.8) is 0 Å². The van der Waals surface area contributed by atoms with Gasteiger partial charge in [-0.3, -0.25) is 36.4 Å². The molecule has 2 fully saturated rings. The summed E-state index contributed by atoms with van der Waals surface area (Å²) in [6.07, 6.45) is -27.2. The minimum Gasteiger partial charge on any atom is -0.341 e. The van der Waals surface area contributed by atoms with Gasteiger partial charge in [-0.2, -0.15) is 67.3 Å². The summed E-state index contributed by atoms with van der Waals surface area (Å²) in [5.74, 6) is -4.27. The van der Waals surface area contributed by atoms with Crippen molar-refractivity contribution in [2.45, 2.75) is 55.0 Å². The zero-order chi connectivity index (χ0) is 42.3. The van der Waals surface area contributed by atoms with Crippen LogP contribution in [0.5, 0.6) is 0 Å². The van der Waals surface area contributed by atoms with Crippen molar-refractivity contribution in [1.29, 1.82) is 0 Å². The van der Waals surface area contributed by atoms with Crippen LogP contribution in [0.25, 0.3) is 0 Å². The smallest absolute Gasteiger partial charge is 0.341 e. The molecular weight excluding hydrogens is 949 g/mol. The zero-order valence-electron chi connectivity index (χ0n) is 24.4. The topological polar surface area (TPSA) is 536 Å². The van der Waals surface area contributed by atoms with Crippen LogP contribution in [0.15, 0.2) is 0 Å². The molecule has 0 aromatic heterocycles. The van der Waals surface area contributed by atoms with E-state index in [1.54, 1.807) is 0 Å². The van der Waals surface area contributed by atoms with E-state index < -0.39 is 151 Å². The Kier molecular flexibility index (Phi) is 15.1. The number of rotatable bonds is 20. The first-order valence-electron chi connectivity index (χ1n) is 11.9. The van der Waals surface area contributed by atoms with Gasteiger partial charge in [-0.15, -0.1) is 0 Å². The van der Waals surface area contributed by atoms with Crippen molar-refractivity contribution in [2.75, 3.05) is 13.2 Å². The molecule has 0 aromatic rings. The predicted molar refractivity (Wildman–Crippen MR) is 147 cm³/mol. The van der Waals surface area contributed by atoms with Crippen LogP contribution in [0, 0.1) is 0 Å². The normalized spacial score (nSPS) is 31.0. The van der Waals surface area contributed by atoms with Crippen LogP contribution in [-0.2, 0) is 131 Å². The maximum atomic E-state index is 11.8. The van der Waals surface area contributed by atoms with E-state index in [1.807, 2.05) is 0 Å². The van der Waals surface area contributed by atoms with Crippen molar-refractivity contribution >= 4 is 83.2 Å². The van der Waals surface area contributed by atoms with E-state index in [0.29, 0.717) is 0 Å². The summed E-state index contributed by atoms with van der Waals surface area (Å²) in [6.45, 7) is -4.45. The van der Waals surface area contributed by atoms with E-state index in [2.05, 4.69) is 33.5 Å². The molecule has 0 aromatic carbocycles.